The second-order valence-corrected chi connectivity index (χ2v) is 7.88. The van der Waals surface area contributed by atoms with Gasteiger partial charge in [0.1, 0.15) is 11.3 Å². The molecule has 24 heavy (non-hydrogen) atoms. The molecule has 3 N–H and O–H groups in total. The SMILES string of the molecule is CNC(=O)C(C(=N)C1CC1)=C(O)c1ccc(S(C)=O)c(SC)c1C. The fourth-order valence-electron chi connectivity index (χ4n) is 2.60. The molecule has 0 aliphatic heterocycles. The Morgan fingerprint density at radius 1 is 1.42 bits per heavy atom. The van der Waals surface area contributed by atoms with Crippen molar-refractivity contribution in [1.29, 1.82) is 5.41 Å². The fraction of sp³-hybridized carbons (Fsp3) is 0.412. The summed E-state index contributed by atoms with van der Waals surface area (Å²) in [5.74, 6) is -0.604. The van der Waals surface area contributed by atoms with Crippen LogP contribution in [-0.2, 0) is 15.6 Å². The summed E-state index contributed by atoms with van der Waals surface area (Å²) in [5, 5.41) is 21.5. The maximum Gasteiger partial charge on any atom is 0.256 e. The molecule has 1 fully saturated rings. The minimum atomic E-state index is -1.14. The van der Waals surface area contributed by atoms with Crippen LogP contribution in [0.1, 0.15) is 24.0 Å². The number of carbonyl (C=O) groups excluding carboxylic acids is 1. The van der Waals surface area contributed by atoms with Gasteiger partial charge in [0.15, 0.2) is 0 Å². The van der Waals surface area contributed by atoms with Crippen LogP contribution in [-0.4, -0.2) is 40.5 Å². The molecule has 1 aromatic rings. The quantitative estimate of drug-likeness (QED) is 0.312. The average molecular weight is 367 g/mol. The minimum Gasteiger partial charge on any atom is -0.506 e. The van der Waals surface area contributed by atoms with Gasteiger partial charge in [-0.2, -0.15) is 0 Å². The summed E-state index contributed by atoms with van der Waals surface area (Å²) >= 11 is 1.45. The molecule has 0 radical (unpaired) electrons. The molecule has 1 unspecified atom stereocenters. The minimum absolute atomic E-state index is 0.0283. The number of amides is 1. The van der Waals surface area contributed by atoms with Crippen molar-refractivity contribution >= 4 is 39.9 Å². The molecule has 1 aliphatic carbocycles. The molecule has 1 amide bonds. The molecule has 0 heterocycles. The van der Waals surface area contributed by atoms with Gasteiger partial charge in [-0.15, -0.1) is 11.8 Å². The molecule has 0 aromatic heterocycles. The number of likely N-dealkylation sites (N-methyl/N-ethyl adjacent to an activating group) is 1. The second kappa shape index (κ2) is 7.53. The van der Waals surface area contributed by atoms with E-state index in [0.29, 0.717) is 10.5 Å². The van der Waals surface area contributed by atoms with Gasteiger partial charge in [0.2, 0.25) is 0 Å². The molecule has 0 spiro atoms. The van der Waals surface area contributed by atoms with Gasteiger partial charge in [0.05, 0.1) is 21.4 Å². The molecule has 1 saturated carbocycles. The molecular formula is C17H22N2O3S2. The highest BCUT2D eigenvalue weighted by Gasteiger charge is 2.33. The van der Waals surface area contributed by atoms with Crippen molar-refractivity contribution in [3.63, 3.8) is 0 Å². The van der Waals surface area contributed by atoms with Crippen LogP contribution in [0.5, 0.6) is 0 Å². The van der Waals surface area contributed by atoms with Crippen molar-refractivity contribution in [3.05, 3.63) is 28.8 Å². The van der Waals surface area contributed by atoms with Crippen molar-refractivity contribution in [2.45, 2.75) is 29.6 Å². The third-order valence-corrected chi connectivity index (χ3v) is 6.11. The maximum absolute atomic E-state index is 12.2. The lowest BCUT2D eigenvalue weighted by Crippen LogP contribution is -2.27. The molecule has 1 aliphatic rings. The molecule has 0 bridgehead atoms. The van der Waals surface area contributed by atoms with Gasteiger partial charge in [0.25, 0.3) is 5.91 Å². The fourth-order valence-corrected chi connectivity index (χ4v) is 4.56. The molecule has 5 nitrogen and oxygen atoms in total. The van der Waals surface area contributed by atoms with Crippen molar-refractivity contribution < 1.29 is 14.1 Å². The summed E-state index contributed by atoms with van der Waals surface area (Å²) < 4.78 is 11.9. The number of carbonyl (C=O) groups is 1. The number of benzene rings is 1. The Hall–Kier alpha value is -1.60. The summed E-state index contributed by atoms with van der Waals surface area (Å²) in [6.45, 7) is 1.83. The number of hydrogen-bond donors (Lipinski definition) is 3. The maximum atomic E-state index is 12.2. The lowest BCUT2D eigenvalue weighted by atomic mass is 9.98. The molecular weight excluding hydrogens is 344 g/mol. The van der Waals surface area contributed by atoms with E-state index >= 15 is 0 Å². The predicted octanol–water partition coefficient (Wildman–Crippen LogP) is 2.90. The van der Waals surface area contributed by atoms with Crippen molar-refractivity contribution in [3.8, 4) is 0 Å². The monoisotopic (exact) mass is 366 g/mol. The van der Waals surface area contributed by atoms with Crippen LogP contribution >= 0.6 is 11.8 Å². The summed E-state index contributed by atoms with van der Waals surface area (Å²) in [6, 6.07) is 3.38. The van der Waals surface area contributed by atoms with Gasteiger partial charge >= 0.3 is 0 Å². The van der Waals surface area contributed by atoms with Gasteiger partial charge in [0, 0.05) is 29.7 Å². The molecule has 1 atom stereocenters. The normalized spacial score (nSPS) is 16.3. The smallest absolute Gasteiger partial charge is 0.256 e. The lowest BCUT2D eigenvalue weighted by molar-refractivity contribution is -0.116. The predicted molar refractivity (Wildman–Crippen MR) is 99.4 cm³/mol. The highest BCUT2D eigenvalue weighted by atomic mass is 32.2. The highest BCUT2D eigenvalue weighted by Crippen LogP contribution is 2.36. The molecule has 0 saturated heterocycles. The van der Waals surface area contributed by atoms with E-state index in [1.165, 1.54) is 18.8 Å². The van der Waals surface area contributed by atoms with Crippen LogP contribution in [0.3, 0.4) is 0 Å². The Labute approximate surface area is 148 Å². The summed E-state index contributed by atoms with van der Waals surface area (Å²) in [7, 11) is 0.346. The number of thioether (sulfide) groups is 1. The number of nitrogens with one attached hydrogen (secondary N) is 2. The first-order chi connectivity index (χ1) is 11.3. The summed E-state index contributed by atoms with van der Waals surface area (Å²) in [5.41, 5.74) is 1.47. The summed E-state index contributed by atoms with van der Waals surface area (Å²) in [6.07, 6.45) is 5.24. The number of hydrogen-bond acceptors (Lipinski definition) is 5. The number of aliphatic hydroxyl groups is 1. The zero-order valence-corrected chi connectivity index (χ0v) is 15.9. The van der Waals surface area contributed by atoms with Crippen LogP contribution in [0.25, 0.3) is 5.76 Å². The lowest BCUT2D eigenvalue weighted by Gasteiger charge is -2.16. The van der Waals surface area contributed by atoms with Crippen molar-refractivity contribution in [2.75, 3.05) is 19.6 Å². The van der Waals surface area contributed by atoms with Gasteiger partial charge in [-0.1, -0.05) is 0 Å². The van der Waals surface area contributed by atoms with Crippen LogP contribution in [0.15, 0.2) is 27.5 Å². The number of aliphatic hydroxyl groups excluding tert-OH is 1. The van der Waals surface area contributed by atoms with E-state index in [1.807, 2.05) is 13.2 Å². The molecule has 1 aromatic carbocycles. The topological polar surface area (TPSA) is 90.2 Å². The largest absolute Gasteiger partial charge is 0.506 e. The van der Waals surface area contributed by atoms with Crippen LogP contribution in [0.2, 0.25) is 0 Å². The van der Waals surface area contributed by atoms with E-state index in [1.54, 1.807) is 18.4 Å². The first kappa shape index (κ1) is 18.7. The third kappa shape index (κ3) is 3.57. The number of rotatable bonds is 6. The zero-order valence-electron chi connectivity index (χ0n) is 14.2. The van der Waals surface area contributed by atoms with Crippen LogP contribution in [0, 0.1) is 18.3 Å². The Kier molecular flexibility index (Phi) is 5.87. The Morgan fingerprint density at radius 3 is 2.50 bits per heavy atom. The average Bonchev–Trinajstić information content (AvgIpc) is 3.38. The van der Waals surface area contributed by atoms with Gasteiger partial charge in [-0.3, -0.25) is 9.00 Å². The van der Waals surface area contributed by atoms with Gasteiger partial charge in [-0.05, 0) is 43.7 Å². The summed E-state index contributed by atoms with van der Waals surface area (Å²) in [4.78, 5) is 13.7. The van der Waals surface area contributed by atoms with E-state index in [-0.39, 0.29) is 23.0 Å². The Balaban J connectivity index is 2.64. The Morgan fingerprint density at radius 2 is 2.04 bits per heavy atom. The van der Waals surface area contributed by atoms with Gasteiger partial charge < -0.3 is 15.8 Å². The third-order valence-electron chi connectivity index (χ3n) is 4.08. The van der Waals surface area contributed by atoms with Crippen LogP contribution in [0.4, 0.5) is 0 Å². The van der Waals surface area contributed by atoms with E-state index in [2.05, 4.69) is 5.32 Å². The van der Waals surface area contributed by atoms with E-state index in [9.17, 15) is 14.1 Å². The van der Waals surface area contributed by atoms with Gasteiger partial charge in [-0.25, -0.2) is 0 Å². The molecule has 7 heteroatoms. The van der Waals surface area contributed by atoms with E-state index in [4.69, 9.17) is 5.41 Å². The zero-order chi connectivity index (χ0) is 18.0. The van der Waals surface area contributed by atoms with Crippen molar-refractivity contribution in [1.82, 2.24) is 5.32 Å². The molecule has 130 valence electrons. The Bertz CT molecular complexity index is 752. The first-order valence-electron chi connectivity index (χ1n) is 7.58. The standard InChI is InChI=1S/C17H22N2O3S2/c1-9-11(7-8-12(24(4)22)16(9)23-3)15(20)13(17(21)19-2)14(18)10-5-6-10/h7-8,10,18,20H,5-6H2,1-4H3,(H,19,21). The highest BCUT2D eigenvalue weighted by molar-refractivity contribution is 7.99. The molecule has 2 rings (SSSR count). The van der Waals surface area contributed by atoms with E-state index in [0.717, 1.165) is 23.3 Å². The van der Waals surface area contributed by atoms with Crippen LogP contribution < -0.4 is 5.32 Å². The van der Waals surface area contributed by atoms with E-state index < -0.39 is 16.7 Å². The second-order valence-electron chi connectivity index (χ2n) is 5.71. The first-order valence-corrected chi connectivity index (χ1v) is 10.4. The van der Waals surface area contributed by atoms with Crippen molar-refractivity contribution in [2.24, 2.45) is 5.92 Å².